The van der Waals surface area contributed by atoms with Crippen LogP contribution < -0.4 is 5.73 Å². The van der Waals surface area contributed by atoms with Crippen molar-refractivity contribution < 1.29 is 4.42 Å². The number of hydrogen-bond acceptors (Lipinski definition) is 4. The van der Waals surface area contributed by atoms with Crippen LogP contribution in [-0.4, -0.2) is 29.0 Å². The number of rotatable bonds is 2. The molecule has 3 rings (SSSR count). The first-order chi connectivity index (χ1) is 8.13. The average molecular weight is 235 g/mol. The molecule has 1 aromatic rings. The lowest BCUT2D eigenvalue weighted by atomic mass is 9.98. The van der Waals surface area contributed by atoms with Gasteiger partial charge in [0.2, 0.25) is 5.89 Å². The third kappa shape index (κ3) is 2.00. The van der Waals surface area contributed by atoms with E-state index in [1.165, 1.54) is 19.4 Å². The van der Waals surface area contributed by atoms with E-state index in [2.05, 4.69) is 9.88 Å². The summed E-state index contributed by atoms with van der Waals surface area (Å²) in [5.41, 5.74) is 7.15. The molecule has 0 spiro atoms. The van der Waals surface area contributed by atoms with Crippen LogP contribution >= 0.6 is 0 Å². The molecule has 94 valence electrons. The van der Waals surface area contributed by atoms with Crippen molar-refractivity contribution in [3.63, 3.8) is 0 Å². The summed E-state index contributed by atoms with van der Waals surface area (Å²) in [6, 6.07) is 0.415. The third-order valence-electron chi connectivity index (χ3n) is 4.42. The van der Waals surface area contributed by atoms with Crippen LogP contribution in [0.5, 0.6) is 0 Å². The summed E-state index contributed by atoms with van der Waals surface area (Å²) in [4.78, 5) is 6.89. The van der Waals surface area contributed by atoms with Gasteiger partial charge in [-0.2, -0.15) is 0 Å². The van der Waals surface area contributed by atoms with E-state index in [-0.39, 0.29) is 0 Å². The van der Waals surface area contributed by atoms with Gasteiger partial charge in [0.15, 0.2) is 0 Å². The minimum atomic E-state index is 0.415. The number of hydrogen-bond donors (Lipinski definition) is 1. The fraction of sp³-hybridized carbons (Fsp3) is 0.769. The van der Waals surface area contributed by atoms with Gasteiger partial charge in [-0.05, 0) is 38.5 Å². The number of nitrogens with two attached hydrogens (primary N) is 1. The Kier molecular flexibility index (Phi) is 2.71. The maximum Gasteiger partial charge on any atom is 0.208 e. The second kappa shape index (κ2) is 4.10. The van der Waals surface area contributed by atoms with E-state index >= 15 is 0 Å². The van der Waals surface area contributed by atoms with Crippen LogP contribution in [0.1, 0.15) is 30.2 Å². The molecule has 2 fully saturated rings. The molecule has 3 unspecified atom stereocenters. The molecule has 2 N–H and O–H groups in total. The molecule has 4 nitrogen and oxygen atoms in total. The van der Waals surface area contributed by atoms with Crippen LogP contribution in [0.2, 0.25) is 0 Å². The zero-order chi connectivity index (χ0) is 12.0. The van der Waals surface area contributed by atoms with Crippen LogP contribution in [0.15, 0.2) is 4.42 Å². The smallest absolute Gasteiger partial charge is 0.208 e. The summed E-state index contributed by atoms with van der Waals surface area (Å²) < 4.78 is 5.64. The van der Waals surface area contributed by atoms with Crippen molar-refractivity contribution in [3.05, 3.63) is 17.3 Å². The molecule has 1 aromatic heterocycles. The SMILES string of the molecule is Cc1nc(CN2CC3CCC(N)C3C2)oc1C. The van der Waals surface area contributed by atoms with Gasteiger partial charge in [-0.25, -0.2) is 4.98 Å². The van der Waals surface area contributed by atoms with Crippen molar-refractivity contribution >= 4 is 0 Å². The Hall–Kier alpha value is -0.870. The second-order valence-electron chi connectivity index (χ2n) is 5.61. The van der Waals surface area contributed by atoms with Crippen LogP contribution in [0.25, 0.3) is 0 Å². The summed E-state index contributed by atoms with van der Waals surface area (Å²) >= 11 is 0. The lowest BCUT2D eigenvalue weighted by Crippen LogP contribution is -2.30. The van der Waals surface area contributed by atoms with E-state index in [1.807, 2.05) is 13.8 Å². The molecule has 17 heavy (non-hydrogen) atoms. The average Bonchev–Trinajstić information content (AvgIpc) is 2.89. The van der Waals surface area contributed by atoms with Crippen molar-refractivity contribution in [2.45, 2.75) is 39.3 Å². The van der Waals surface area contributed by atoms with E-state index in [9.17, 15) is 0 Å². The molecule has 0 aromatic carbocycles. The van der Waals surface area contributed by atoms with Gasteiger partial charge in [0.25, 0.3) is 0 Å². The molecular formula is C13H21N3O. The van der Waals surface area contributed by atoms with E-state index in [0.717, 1.165) is 36.4 Å². The van der Waals surface area contributed by atoms with Crippen molar-refractivity contribution in [3.8, 4) is 0 Å². The van der Waals surface area contributed by atoms with Crippen molar-refractivity contribution in [2.75, 3.05) is 13.1 Å². The normalized spacial score (nSPS) is 33.2. The molecule has 0 amide bonds. The molecule has 1 aliphatic carbocycles. The minimum Gasteiger partial charge on any atom is -0.444 e. The zero-order valence-electron chi connectivity index (χ0n) is 10.6. The van der Waals surface area contributed by atoms with Crippen LogP contribution in [0, 0.1) is 25.7 Å². The van der Waals surface area contributed by atoms with Gasteiger partial charge >= 0.3 is 0 Å². The first-order valence-corrected chi connectivity index (χ1v) is 6.54. The number of aromatic nitrogens is 1. The molecule has 2 heterocycles. The Morgan fingerprint density at radius 2 is 2.18 bits per heavy atom. The summed E-state index contributed by atoms with van der Waals surface area (Å²) in [5, 5.41) is 0. The Balaban J connectivity index is 1.64. The molecule has 1 saturated heterocycles. The fourth-order valence-electron chi connectivity index (χ4n) is 3.33. The molecule has 3 atom stereocenters. The predicted octanol–water partition coefficient (Wildman–Crippen LogP) is 1.46. The maximum absolute atomic E-state index is 6.14. The van der Waals surface area contributed by atoms with E-state index in [1.54, 1.807) is 0 Å². The lowest BCUT2D eigenvalue weighted by Gasteiger charge is -2.16. The summed E-state index contributed by atoms with van der Waals surface area (Å²) in [6.45, 7) is 7.09. The largest absolute Gasteiger partial charge is 0.444 e. The van der Waals surface area contributed by atoms with Crippen LogP contribution in [-0.2, 0) is 6.54 Å². The quantitative estimate of drug-likeness (QED) is 0.843. The predicted molar refractivity (Wildman–Crippen MR) is 65.4 cm³/mol. The van der Waals surface area contributed by atoms with Gasteiger partial charge in [-0.3, -0.25) is 4.90 Å². The lowest BCUT2D eigenvalue weighted by molar-refractivity contribution is 0.264. The van der Waals surface area contributed by atoms with Crippen molar-refractivity contribution in [1.82, 2.24) is 9.88 Å². The molecule has 4 heteroatoms. The Morgan fingerprint density at radius 1 is 1.35 bits per heavy atom. The van der Waals surface area contributed by atoms with Crippen molar-refractivity contribution in [2.24, 2.45) is 17.6 Å². The van der Waals surface area contributed by atoms with Gasteiger partial charge in [0.05, 0.1) is 12.2 Å². The van der Waals surface area contributed by atoms with Gasteiger partial charge in [0, 0.05) is 19.1 Å². The van der Waals surface area contributed by atoms with Gasteiger partial charge < -0.3 is 10.2 Å². The van der Waals surface area contributed by atoms with Gasteiger partial charge in [0.1, 0.15) is 5.76 Å². The van der Waals surface area contributed by atoms with E-state index < -0.39 is 0 Å². The number of nitrogens with zero attached hydrogens (tertiary/aromatic N) is 2. The molecule has 1 saturated carbocycles. The molecule has 0 bridgehead atoms. The Labute approximate surface area is 102 Å². The number of likely N-dealkylation sites (tertiary alicyclic amines) is 1. The summed E-state index contributed by atoms with van der Waals surface area (Å²) in [5.74, 6) is 3.30. The number of aryl methyl sites for hydroxylation is 2. The number of fused-ring (bicyclic) bond motifs is 1. The van der Waals surface area contributed by atoms with E-state index in [0.29, 0.717) is 12.0 Å². The van der Waals surface area contributed by atoms with Gasteiger partial charge in [-0.15, -0.1) is 0 Å². The minimum absolute atomic E-state index is 0.415. The number of oxazole rings is 1. The first-order valence-electron chi connectivity index (χ1n) is 6.54. The summed E-state index contributed by atoms with van der Waals surface area (Å²) in [6.07, 6.45) is 2.51. The fourth-order valence-corrected chi connectivity index (χ4v) is 3.33. The Bertz CT molecular complexity index is 395. The second-order valence-corrected chi connectivity index (χ2v) is 5.61. The monoisotopic (exact) mass is 235 g/mol. The highest BCUT2D eigenvalue weighted by Crippen LogP contribution is 2.37. The molecule has 2 aliphatic rings. The third-order valence-corrected chi connectivity index (χ3v) is 4.42. The summed E-state index contributed by atoms with van der Waals surface area (Å²) in [7, 11) is 0. The standard InChI is InChI=1S/C13H21N3O/c1-8-9(2)17-13(15-8)7-16-5-10-3-4-12(14)11(10)6-16/h10-12H,3-7,14H2,1-2H3. The van der Waals surface area contributed by atoms with Crippen LogP contribution in [0.4, 0.5) is 0 Å². The van der Waals surface area contributed by atoms with E-state index in [4.69, 9.17) is 10.2 Å². The maximum atomic E-state index is 6.14. The van der Waals surface area contributed by atoms with Crippen molar-refractivity contribution in [1.29, 1.82) is 0 Å². The molecule has 0 radical (unpaired) electrons. The molecule has 1 aliphatic heterocycles. The first kappa shape index (κ1) is 11.2. The Morgan fingerprint density at radius 3 is 2.82 bits per heavy atom. The zero-order valence-corrected chi connectivity index (χ0v) is 10.6. The highest BCUT2D eigenvalue weighted by atomic mass is 16.4. The van der Waals surface area contributed by atoms with Crippen LogP contribution in [0.3, 0.4) is 0 Å². The highest BCUT2D eigenvalue weighted by molar-refractivity contribution is 5.06. The van der Waals surface area contributed by atoms with Gasteiger partial charge in [-0.1, -0.05) is 0 Å². The highest BCUT2D eigenvalue weighted by Gasteiger charge is 2.41. The molecular weight excluding hydrogens is 214 g/mol. The topological polar surface area (TPSA) is 55.3 Å².